The zero-order chi connectivity index (χ0) is 12.9. The Morgan fingerprint density at radius 1 is 1.41 bits per heavy atom. The third-order valence-electron chi connectivity index (χ3n) is 2.45. The highest BCUT2D eigenvalue weighted by molar-refractivity contribution is 7.89. The smallest absolute Gasteiger partial charge is 0.240 e. The van der Waals surface area contributed by atoms with Crippen LogP contribution in [0.1, 0.15) is 6.92 Å². The number of likely N-dealkylation sites (N-methyl/N-ethyl adjacent to an activating group) is 1. The van der Waals surface area contributed by atoms with E-state index in [-0.39, 0.29) is 10.6 Å². The van der Waals surface area contributed by atoms with Gasteiger partial charge in [0.1, 0.15) is 5.75 Å². The second-order valence-corrected chi connectivity index (χ2v) is 5.56. The van der Waals surface area contributed by atoms with Gasteiger partial charge in [0, 0.05) is 13.1 Å². The minimum Gasteiger partial charge on any atom is -0.508 e. The van der Waals surface area contributed by atoms with Crippen LogP contribution in [-0.2, 0) is 10.0 Å². The Bertz CT molecular complexity index is 460. The Morgan fingerprint density at radius 2 is 2.12 bits per heavy atom. The van der Waals surface area contributed by atoms with E-state index in [9.17, 15) is 13.5 Å². The van der Waals surface area contributed by atoms with E-state index in [0.717, 1.165) is 6.54 Å². The molecular formula is C11H18N2O3S. The second-order valence-electron chi connectivity index (χ2n) is 3.79. The van der Waals surface area contributed by atoms with Crippen molar-refractivity contribution in [2.75, 3.05) is 26.7 Å². The number of phenols is 1. The number of benzene rings is 1. The largest absolute Gasteiger partial charge is 0.508 e. The highest BCUT2D eigenvalue weighted by atomic mass is 32.2. The Morgan fingerprint density at radius 3 is 2.71 bits per heavy atom. The summed E-state index contributed by atoms with van der Waals surface area (Å²) >= 11 is 0. The molecule has 0 aliphatic heterocycles. The Labute approximate surface area is 102 Å². The van der Waals surface area contributed by atoms with E-state index in [1.807, 2.05) is 18.9 Å². The summed E-state index contributed by atoms with van der Waals surface area (Å²) < 4.78 is 26.1. The molecule has 0 unspecified atom stereocenters. The van der Waals surface area contributed by atoms with Crippen LogP contribution < -0.4 is 4.72 Å². The maximum atomic E-state index is 11.8. The fourth-order valence-corrected chi connectivity index (χ4v) is 2.32. The van der Waals surface area contributed by atoms with Gasteiger partial charge < -0.3 is 10.0 Å². The van der Waals surface area contributed by atoms with Crippen molar-refractivity contribution >= 4 is 10.0 Å². The number of aromatic hydroxyl groups is 1. The molecule has 0 heterocycles. The summed E-state index contributed by atoms with van der Waals surface area (Å²) in [6.45, 7) is 3.87. The predicted octanol–water partition coefficient (Wildman–Crippen LogP) is 0.622. The molecule has 0 saturated heterocycles. The molecule has 1 rings (SSSR count). The van der Waals surface area contributed by atoms with E-state index < -0.39 is 10.0 Å². The third kappa shape index (κ3) is 4.33. The van der Waals surface area contributed by atoms with Crippen LogP contribution in [0, 0.1) is 0 Å². The molecule has 96 valence electrons. The van der Waals surface area contributed by atoms with Crippen molar-refractivity contribution in [3.05, 3.63) is 24.3 Å². The fraction of sp³-hybridized carbons (Fsp3) is 0.455. The van der Waals surface area contributed by atoms with Crippen LogP contribution in [0.25, 0.3) is 0 Å². The third-order valence-corrected chi connectivity index (χ3v) is 3.91. The van der Waals surface area contributed by atoms with Crippen LogP contribution in [0.3, 0.4) is 0 Å². The van der Waals surface area contributed by atoms with Crippen molar-refractivity contribution in [3.8, 4) is 5.75 Å². The molecule has 0 fully saturated rings. The fourth-order valence-electron chi connectivity index (χ4n) is 1.26. The molecule has 0 amide bonds. The van der Waals surface area contributed by atoms with Gasteiger partial charge in [-0.25, -0.2) is 13.1 Å². The first-order chi connectivity index (χ1) is 7.95. The van der Waals surface area contributed by atoms with E-state index in [1.165, 1.54) is 24.3 Å². The van der Waals surface area contributed by atoms with Crippen LogP contribution in [0.5, 0.6) is 5.75 Å². The first kappa shape index (κ1) is 14.0. The SMILES string of the molecule is CCN(C)CCNS(=O)(=O)c1cccc(O)c1. The van der Waals surface area contributed by atoms with Crippen LogP contribution in [0.2, 0.25) is 0 Å². The van der Waals surface area contributed by atoms with Gasteiger partial charge in [-0.2, -0.15) is 0 Å². The number of nitrogens with one attached hydrogen (secondary N) is 1. The summed E-state index contributed by atoms with van der Waals surface area (Å²) in [5.74, 6) is -0.0569. The summed E-state index contributed by atoms with van der Waals surface area (Å²) in [7, 11) is -1.60. The van der Waals surface area contributed by atoms with E-state index in [4.69, 9.17) is 0 Å². The van der Waals surface area contributed by atoms with Gasteiger partial charge in [0.25, 0.3) is 0 Å². The maximum Gasteiger partial charge on any atom is 0.240 e. The molecule has 0 bridgehead atoms. The van der Waals surface area contributed by atoms with Gasteiger partial charge in [-0.3, -0.25) is 0 Å². The molecule has 5 nitrogen and oxygen atoms in total. The first-order valence-corrected chi connectivity index (χ1v) is 6.91. The summed E-state index contributed by atoms with van der Waals surface area (Å²) in [5, 5.41) is 9.23. The van der Waals surface area contributed by atoms with Crippen LogP contribution >= 0.6 is 0 Å². The Balaban J connectivity index is 2.63. The molecule has 0 aliphatic carbocycles. The molecule has 0 radical (unpaired) electrons. The van der Waals surface area contributed by atoms with Crippen molar-refractivity contribution in [1.82, 2.24) is 9.62 Å². The van der Waals surface area contributed by atoms with Crippen molar-refractivity contribution in [2.45, 2.75) is 11.8 Å². The molecule has 0 spiro atoms. The lowest BCUT2D eigenvalue weighted by Gasteiger charge is -2.14. The second kappa shape index (κ2) is 6.00. The first-order valence-electron chi connectivity index (χ1n) is 5.43. The molecule has 17 heavy (non-hydrogen) atoms. The average molecular weight is 258 g/mol. The van der Waals surface area contributed by atoms with Crippen LogP contribution in [-0.4, -0.2) is 45.1 Å². The number of phenolic OH excluding ortho intramolecular Hbond substituents is 1. The van der Waals surface area contributed by atoms with Gasteiger partial charge in [-0.1, -0.05) is 13.0 Å². The van der Waals surface area contributed by atoms with Gasteiger partial charge in [0.2, 0.25) is 10.0 Å². The Hall–Kier alpha value is -1.11. The lowest BCUT2D eigenvalue weighted by Crippen LogP contribution is -2.32. The molecule has 2 N–H and O–H groups in total. The highest BCUT2D eigenvalue weighted by Gasteiger charge is 2.13. The standard InChI is InChI=1S/C11H18N2O3S/c1-3-13(2)8-7-12-17(15,16)11-6-4-5-10(14)9-11/h4-6,9,12,14H,3,7-8H2,1-2H3. The van der Waals surface area contributed by atoms with Crippen LogP contribution in [0.4, 0.5) is 0 Å². The summed E-state index contributed by atoms with van der Waals surface area (Å²) in [5.41, 5.74) is 0. The van der Waals surface area contributed by atoms with E-state index >= 15 is 0 Å². The molecule has 0 saturated carbocycles. The minimum atomic E-state index is -3.52. The summed E-state index contributed by atoms with van der Waals surface area (Å²) in [6, 6.07) is 5.61. The lowest BCUT2D eigenvalue weighted by molar-refractivity contribution is 0.358. The molecule has 6 heteroatoms. The monoisotopic (exact) mass is 258 g/mol. The topological polar surface area (TPSA) is 69.6 Å². The predicted molar refractivity (Wildman–Crippen MR) is 66.5 cm³/mol. The zero-order valence-corrected chi connectivity index (χ0v) is 10.9. The maximum absolute atomic E-state index is 11.8. The van der Waals surface area contributed by atoms with Gasteiger partial charge in [-0.05, 0) is 31.8 Å². The van der Waals surface area contributed by atoms with Gasteiger partial charge in [-0.15, -0.1) is 0 Å². The van der Waals surface area contributed by atoms with Gasteiger partial charge >= 0.3 is 0 Å². The molecule has 0 aromatic heterocycles. The van der Waals surface area contributed by atoms with E-state index in [0.29, 0.717) is 13.1 Å². The normalized spacial score (nSPS) is 11.9. The van der Waals surface area contributed by atoms with E-state index in [1.54, 1.807) is 0 Å². The lowest BCUT2D eigenvalue weighted by atomic mass is 10.3. The number of rotatable bonds is 6. The number of sulfonamides is 1. The van der Waals surface area contributed by atoms with Crippen molar-refractivity contribution in [2.24, 2.45) is 0 Å². The molecule has 1 aromatic rings. The van der Waals surface area contributed by atoms with E-state index in [2.05, 4.69) is 4.72 Å². The van der Waals surface area contributed by atoms with Crippen molar-refractivity contribution < 1.29 is 13.5 Å². The van der Waals surface area contributed by atoms with Gasteiger partial charge in [0.05, 0.1) is 4.90 Å². The van der Waals surface area contributed by atoms with Crippen molar-refractivity contribution in [3.63, 3.8) is 0 Å². The quantitative estimate of drug-likeness (QED) is 0.785. The van der Waals surface area contributed by atoms with Crippen molar-refractivity contribution in [1.29, 1.82) is 0 Å². The zero-order valence-electron chi connectivity index (χ0n) is 10.0. The number of hydrogen-bond donors (Lipinski definition) is 2. The molecule has 1 aromatic carbocycles. The van der Waals surface area contributed by atoms with Crippen LogP contribution in [0.15, 0.2) is 29.2 Å². The summed E-state index contributed by atoms with van der Waals surface area (Å²) in [6.07, 6.45) is 0. The number of nitrogens with zero attached hydrogens (tertiary/aromatic N) is 1. The average Bonchev–Trinajstić information content (AvgIpc) is 2.28. The molecule has 0 aliphatic rings. The highest BCUT2D eigenvalue weighted by Crippen LogP contribution is 2.15. The molecular weight excluding hydrogens is 240 g/mol. The number of hydrogen-bond acceptors (Lipinski definition) is 4. The molecule has 0 atom stereocenters. The Kier molecular flexibility index (Phi) is 4.92. The minimum absolute atomic E-state index is 0.0569. The summed E-state index contributed by atoms with van der Waals surface area (Å²) in [4.78, 5) is 2.09. The van der Waals surface area contributed by atoms with Gasteiger partial charge in [0.15, 0.2) is 0 Å².